The van der Waals surface area contributed by atoms with Crippen molar-refractivity contribution in [3.63, 3.8) is 0 Å². The van der Waals surface area contributed by atoms with E-state index in [1.807, 2.05) is 13.8 Å². The van der Waals surface area contributed by atoms with Crippen LogP contribution in [0.25, 0.3) is 10.9 Å². The molecule has 17 heavy (non-hydrogen) atoms. The molecule has 0 radical (unpaired) electrons. The topological polar surface area (TPSA) is 38.9 Å². The summed E-state index contributed by atoms with van der Waals surface area (Å²) in [6, 6.07) is 2.41. The molecule has 90 valence electrons. The number of fused-ring (bicyclic) bond motifs is 1. The lowest BCUT2D eigenvalue weighted by atomic mass is 10.1. The van der Waals surface area contributed by atoms with Gasteiger partial charge in [0.2, 0.25) is 0 Å². The lowest BCUT2D eigenvalue weighted by molar-refractivity contribution is 0.452. The molecule has 0 aliphatic rings. The highest BCUT2D eigenvalue weighted by Gasteiger charge is 2.17. The predicted octanol–water partition coefficient (Wildman–Crippen LogP) is 3.36. The van der Waals surface area contributed by atoms with Crippen molar-refractivity contribution in [1.82, 2.24) is 4.98 Å². The van der Waals surface area contributed by atoms with Crippen LogP contribution in [-0.2, 0) is 0 Å². The fourth-order valence-corrected chi connectivity index (χ4v) is 1.61. The molecular weight excluding hydrogens is 229 g/mol. The average molecular weight is 240 g/mol. The van der Waals surface area contributed by atoms with Gasteiger partial charge in [0.1, 0.15) is 5.52 Å². The molecule has 0 aliphatic carbocycles. The molecule has 2 aromatic rings. The van der Waals surface area contributed by atoms with Crippen LogP contribution in [0, 0.1) is 17.5 Å². The first-order valence-electron chi connectivity index (χ1n) is 5.15. The number of hydrogen-bond acceptors (Lipinski definition) is 2. The third-order valence-corrected chi connectivity index (χ3v) is 2.58. The van der Waals surface area contributed by atoms with E-state index in [0.717, 1.165) is 6.07 Å². The summed E-state index contributed by atoms with van der Waals surface area (Å²) in [6.45, 7) is 3.71. The first-order valence-corrected chi connectivity index (χ1v) is 5.15. The number of benzene rings is 1. The minimum absolute atomic E-state index is 0.0224. The molecule has 5 heteroatoms. The van der Waals surface area contributed by atoms with Gasteiger partial charge in [-0.1, -0.05) is 13.8 Å². The van der Waals surface area contributed by atoms with Gasteiger partial charge in [0.25, 0.3) is 0 Å². The Morgan fingerprint density at radius 1 is 1.12 bits per heavy atom. The summed E-state index contributed by atoms with van der Waals surface area (Å²) >= 11 is 0. The molecule has 0 fully saturated rings. The van der Waals surface area contributed by atoms with E-state index in [0.29, 0.717) is 5.69 Å². The summed E-state index contributed by atoms with van der Waals surface area (Å²) in [6.07, 6.45) is 0. The van der Waals surface area contributed by atoms with E-state index in [4.69, 9.17) is 5.73 Å². The largest absolute Gasteiger partial charge is 0.398 e. The van der Waals surface area contributed by atoms with Gasteiger partial charge in [-0.25, -0.2) is 18.2 Å². The SMILES string of the molecule is CC(C)c1cc(N)c2cc(F)c(F)c(F)c2n1. The number of nitrogen functional groups attached to an aromatic ring is 1. The number of halogens is 3. The molecule has 2 rings (SSSR count). The van der Waals surface area contributed by atoms with E-state index in [-0.39, 0.29) is 22.5 Å². The van der Waals surface area contributed by atoms with Crippen molar-refractivity contribution in [2.75, 3.05) is 5.73 Å². The van der Waals surface area contributed by atoms with Crippen molar-refractivity contribution in [3.8, 4) is 0 Å². The van der Waals surface area contributed by atoms with Crippen molar-refractivity contribution in [1.29, 1.82) is 0 Å². The first kappa shape index (κ1) is 11.7. The summed E-state index contributed by atoms with van der Waals surface area (Å²) in [5, 5.41) is 0.0887. The van der Waals surface area contributed by atoms with Gasteiger partial charge < -0.3 is 5.73 Å². The predicted molar refractivity (Wildman–Crippen MR) is 60.1 cm³/mol. The number of pyridine rings is 1. The Bertz CT molecular complexity index is 594. The second kappa shape index (κ2) is 3.91. The molecule has 0 bridgehead atoms. The van der Waals surface area contributed by atoms with Gasteiger partial charge in [-0.3, -0.25) is 0 Å². The second-order valence-electron chi connectivity index (χ2n) is 4.17. The van der Waals surface area contributed by atoms with Crippen LogP contribution in [0.3, 0.4) is 0 Å². The zero-order chi connectivity index (χ0) is 12.7. The molecule has 0 unspecified atom stereocenters. The third-order valence-electron chi connectivity index (χ3n) is 2.58. The summed E-state index contributed by atoms with van der Waals surface area (Å²) in [5.74, 6) is -4.06. The smallest absolute Gasteiger partial charge is 0.196 e. The van der Waals surface area contributed by atoms with Crippen molar-refractivity contribution in [2.24, 2.45) is 0 Å². The Hall–Kier alpha value is -1.78. The molecule has 1 aromatic heterocycles. The fourth-order valence-electron chi connectivity index (χ4n) is 1.61. The number of nitrogens with zero attached hydrogens (tertiary/aromatic N) is 1. The van der Waals surface area contributed by atoms with Crippen LogP contribution in [0.1, 0.15) is 25.5 Å². The zero-order valence-corrected chi connectivity index (χ0v) is 9.39. The van der Waals surface area contributed by atoms with Crippen molar-refractivity contribution >= 4 is 16.6 Å². The lowest BCUT2D eigenvalue weighted by Gasteiger charge is -2.10. The van der Waals surface area contributed by atoms with Gasteiger partial charge in [-0.2, -0.15) is 0 Å². The van der Waals surface area contributed by atoms with E-state index in [1.54, 1.807) is 6.07 Å². The molecule has 0 spiro atoms. The molecule has 0 saturated carbocycles. The Morgan fingerprint density at radius 2 is 1.76 bits per heavy atom. The minimum atomic E-state index is -1.52. The van der Waals surface area contributed by atoms with Crippen LogP contribution in [0.4, 0.5) is 18.9 Å². The molecule has 1 aromatic carbocycles. The number of anilines is 1. The molecule has 0 aliphatic heterocycles. The van der Waals surface area contributed by atoms with Gasteiger partial charge in [0, 0.05) is 16.8 Å². The van der Waals surface area contributed by atoms with E-state index >= 15 is 0 Å². The van der Waals surface area contributed by atoms with Crippen LogP contribution in [0.2, 0.25) is 0 Å². The minimum Gasteiger partial charge on any atom is -0.398 e. The molecular formula is C12H11F3N2. The van der Waals surface area contributed by atoms with E-state index in [2.05, 4.69) is 4.98 Å². The Morgan fingerprint density at radius 3 is 2.35 bits per heavy atom. The van der Waals surface area contributed by atoms with E-state index in [9.17, 15) is 13.2 Å². The van der Waals surface area contributed by atoms with Crippen molar-refractivity contribution < 1.29 is 13.2 Å². The third kappa shape index (κ3) is 1.81. The van der Waals surface area contributed by atoms with Gasteiger partial charge in [0.05, 0.1) is 0 Å². The van der Waals surface area contributed by atoms with E-state index in [1.165, 1.54) is 0 Å². The van der Waals surface area contributed by atoms with Crippen molar-refractivity contribution in [2.45, 2.75) is 19.8 Å². The first-order chi connectivity index (χ1) is 7.91. The normalized spacial score (nSPS) is 11.4. The van der Waals surface area contributed by atoms with Crippen LogP contribution < -0.4 is 5.73 Å². The maximum atomic E-state index is 13.5. The Labute approximate surface area is 96.3 Å². The molecule has 0 amide bonds. The number of aromatic nitrogens is 1. The standard InChI is InChI=1S/C12H11F3N2/c1-5(2)9-4-8(16)6-3-7(13)10(14)11(15)12(6)17-9/h3-5H,1-2H3,(H2,16,17). The van der Waals surface area contributed by atoms with Crippen LogP contribution in [0.15, 0.2) is 12.1 Å². The fraction of sp³-hybridized carbons (Fsp3) is 0.250. The van der Waals surface area contributed by atoms with Gasteiger partial charge in [0.15, 0.2) is 17.5 Å². The summed E-state index contributed by atoms with van der Waals surface area (Å²) in [4.78, 5) is 3.98. The van der Waals surface area contributed by atoms with Gasteiger partial charge >= 0.3 is 0 Å². The van der Waals surface area contributed by atoms with Gasteiger partial charge in [-0.15, -0.1) is 0 Å². The molecule has 2 nitrogen and oxygen atoms in total. The van der Waals surface area contributed by atoms with Crippen LogP contribution >= 0.6 is 0 Å². The highest BCUT2D eigenvalue weighted by Crippen LogP contribution is 2.28. The highest BCUT2D eigenvalue weighted by atomic mass is 19.2. The summed E-state index contributed by atoms with van der Waals surface area (Å²) in [7, 11) is 0. The molecule has 1 heterocycles. The maximum Gasteiger partial charge on any atom is 0.196 e. The molecule has 0 atom stereocenters. The average Bonchev–Trinajstić information content (AvgIpc) is 2.27. The quantitative estimate of drug-likeness (QED) is 0.776. The Balaban J connectivity index is 2.88. The van der Waals surface area contributed by atoms with Crippen LogP contribution in [-0.4, -0.2) is 4.98 Å². The van der Waals surface area contributed by atoms with Gasteiger partial charge in [-0.05, 0) is 18.1 Å². The summed E-state index contributed by atoms with van der Waals surface area (Å²) < 4.78 is 39.7. The second-order valence-corrected chi connectivity index (χ2v) is 4.17. The Kier molecular flexibility index (Phi) is 2.69. The number of rotatable bonds is 1. The monoisotopic (exact) mass is 240 g/mol. The number of nitrogens with two attached hydrogens (primary N) is 1. The number of hydrogen-bond donors (Lipinski definition) is 1. The molecule has 2 N–H and O–H groups in total. The lowest BCUT2D eigenvalue weighted by Crippen LogP contribution is -2.02. The maximum absolute atomic E-state index is 13.5. The summed E-state index contributed by atoms with van der Waals surface area (Å²) in [5.41, 5.74) is 6.19. The van der Waals surface area contributed by atoms with Crippen LogP contribution in [0.5, 0.6) is 0 Å². The zero-order valence-electron chi connectivity index (χ0n) is 9.39. The highest BCUT2D eigenvalue weighted by molar-refractivity contribution is 5.90. The van der Waals surface area contributed by atoms with E-state index < -0.39 is 17.5 Å². The molecule has 0 saturated heterocycles. The van der Waals surface area contributed by atoms with Crippen molar-refractivity contribution in [3.05, 3.63) is 35.3 Å².